The molecule has 1 unspecified atom stereocenters. The van der Waals surface area contributed by atoms with Crippen LogP contribution in [0.1, 0.15) is 23.2 Å². The first-order chi connectivity index (χ1) is 9.47. The van der Waals surface area contributed by atoms with Crippen LogP contribution in [0.5, 0.6) is 5.75 Å². The van der Waals surface area contributed by atoms with Gasteiger partial charge >= 0.3 is 0 Å². The maximum Gasteiger partial charge on any atom is 0.257 e. The molecule has 21 heavy (non-hydrogen) atoms. The van der Waals surface area contributed by atoms with Crippen molar-refractivity contribution in [3.63, 3.8) is 0 Å². The summed E-state index contributed by atoms with van der Waals surface area (Å²) in [5.74, 6) is -6.76. The van der Waals surface area contributed by atoms with E-state index in [-0.39, 0.29) is 18.4 Å². The molecule has 0 bridgehead atoms. The molecule has 118 valence electrons. The van der Waals surface area contributed by atoms with Crippen molar-refractivity contribution in [3.05, 3.63) is 29.1 Å². The van der Waals surface area contributed by atoms with Gasteiger partial charge in [-0.05, 0) is 26.0 Å². The average Bonchev–Trinajstić information content (AvgIpc) is 2.88. The number of amides is 1. The Hall–Kier alpha value is -1.47. The van der Waals surface area contributed by atoms with Crippen molar-refractivity contribution < 1.29 is 23.1 Å². The van der Waals surface area contributed by atoms with Crippen LogP contribution in [0, 0.1) is 17.5 Å². The van der Waals surface area contributed by atoms with Crippen LogP contribution in [-0.2, 0) is 0 Å². The smallest absolute Gasteiger partial charge is 0.257 e. The maximum atomic E-state index is 13.7. The lowest BCUT2D eigenvalue weighted by Gasteiger charge is -2.25. The highest BCUT2D eigenvalue weighted by Gasteiger charge is 2.32. The van der Waals surface area contributed by atoms with Crippen LogP contribution >= 0.6 is 12.4 Å². The predicted octanol–water partition coefficient (Wildman–Crippen LogP) is 2.06. The normalized spacial score (nSPS) is 17.7. The van der Waals surface area contributed by atoms with E-state index in [9.17, 15) is 18.0 Å². The van der Waals surface area contributed by atoms with Crippen molar-refractivity contribution in [3.8, 4) is 5.75 Å². The number of hydrogen-bond acceptors (Lipinski definition) is 3. The molecule has 1 fully saturated rings. The fraction of sp³-hybridized carbons (Fsp3) is 0.462. The van der Waals surface area contributed by atoms with E-state index < -0.39 is 34.7 Å². The second-order valence-electron chi connectivity index (χ2n) is 4.73. The molecule has 1 aromatic carbocycles. The van der Waals surface area contributed by atoms with Crippen LogP contribution in [-0.4, -0.2) is 42.1 Å². The van der Waals surface area contributed by atoms with Crippen molar-refractivity contribution in [2.45, 2.75) is 18.9 Å². The molecule has 1 aromatic rings. The van der Waals surface area contributed by atoms with E-state index in [0.717, 1.165) is 12.8 Å². The van der Waals surface area contributed by atoms with Crippen molar-refractivity contribution in [2.24, 2.45) is 0 Å². The molecular weight excluding hydrogens is 309 g/mol. The molecule has 4 nitrogen and oxygen atoms in total. The van der Waals surface area contributed by atoms with Gasteiger partial charge in [-0.25, -0.2) is 8.78 Å². The number of benzene rings is 1. The van der Waals surface area contributed by atoms with Gasteiger partial charge in [-0.3, -0.25) is 4.79 Å². The van der Waals surface area contributed by atoms with Gasteiger partial charge in [0.05, 0.1) is 5.56 Å². The zero-order valence-corrected chi connectivity index (χ0v) is 12.1. The second kappa shape index (κ2) is 7.00. The summed E-state index contributed by atoms with van der Waals surface area (Å²) in [6.45, 7) is 0.952. The van der Waals surface area contributed by atoms with E-state index in [1.54, 1.807) is 7.05 Å². The number of nitrogens with zero attached hydrogens (tertiary/aromatic N) is 1. The van der Waals surface area contributed by atoms with E-state index in [2.05, 4.69) is 5.32 Å². The number of rotatable bonds is 3. The largest absolute Gasteiger partial charge is 0.503 e. The van der Waals surface area contributed by atoms with E-state index >= 15 is 0 Å². The summed E-state index contributed by atoms with van der Waals surface area (Å²) in [7, 11) is 1.73. The van der Waals surface area contributed by atoms with Gasteiger partial charge in [0.1, 0.15) is 0 Å². The fourth-order valence-electron chi connectivity index (χ4n) is 2.45. The molecule has 1 saturated heterocycles. The first-order valence-electron chi connectivity index (χ1n) is 6.29. The Balaban J connectivity index is 0.00000220. The summed E-state index contributed by atoms with van der Waals surface area (Å²) < 4.78 is 40.0. The molecule has 1 atom stereocenters. The Bertz CT molecular complexity index is 543. The number of halogens is 4. The molecule has 8 heteroatoms. The Morgan fingerprint density at radius 3 is 2.71 bits per heavy atom. The van der Waals surface area contributed by atoms with Gasteiger partial charge in [-0.15, -0.1) is 12.4 Å². The second-order valence-corrected chi connectivity index (χ2v) is 4.73. The van der Waals surface area contributed by atoms with Gasteiger partial charge in [-0.1, -0.05) is 0 Å². The fourth-order valence-corrected chi connectivity index (χ4v) is 2.45. The summed E-state index contributed by atoms with van der Waals surface area (Å²) in [6.07, 6.45) is 1.51. The summed E-state index contributed by atoms with van der Waals surface area (Å²) in [5, 5.41) is 12.1. The third-order valence-corrected chi connectivity index (χ3v) is 3.44. The molecule has 1 aliphatic rings. The molecule has 2 rings (SSSR count). The highest BCUT2D eigenvalue weighted by Crippen LogP contribution is 2.28. The number of aromatic hydroxyl groups is 1. The molecular formula is C13H16ClF3N2O2. The predicted molar refractivity (Wildman–Crippen MR) is 73.2 cm³/mol. The molecule has 0 spiro atoms. The van der Waals surface area contributed by atoms with Gasteiger partial charge in [-0.2, -0.15) is 4.39 Å². The Morgan fingerprint density at radius 1 is 1.43 bits per heavy atom. The average molecular weight is 325 g/mol. The summed E-state index contributed by atoms with van der Waals surface area (Å²) in [6, 6.07) is 0.365. The van der Waals surface area contributed by atoms with Crippen LogP contribution in [0.4, 0.5) is 13.2 Å². The minimum Gasteiger partial charge on any atom is -0.503 e. The number of nitrogens with one attached hydrogen (secondary N) is 1. The third kappa shape index (κ3) is 3.24. The molecule has 0 aromatic heterocycles. The van der Waals surface area contributed by atoms with Crippen molar-refractivity contribution >= 4 is 18.3 Å². The van der Waals surface area contributed by atoms with Gasteiger partial charge in [0.2, 0.25) is 5.82 Å². The minimum absolute atomic E-state index is 0. The minimum atomic E-state index is -1.69. The lowest BCUT2D eigenvalue weighted by Crippen LogP contribution is -2.41. The topological polar surface area (TPSA) is 52.6 Å². The van der Waals surface area contributed by atoms with Gasteiger partial charge < -0.3 is 15.3 Å². The highest BCUT2D eigenvalue weighted by atomic mass is 35.5. The molecule has 1 aliphatic heterocycles. The van der Waals surface area contributed by atoms with Crippen LogP contribution in [0.15, 0.2) is 6.07 Å². The van der Waals surface area contributed by atoms with Crippen molar-refractivity contribution in [1.82, 2.24) is 10.2 Å². The molecule has 1 heterocycles. The van der Waals surface area contributed by atoms with E-state index in [0.29, 0.717) is 19.2 Å². The number of likely N-dealkylation sites (tertiary alicyclic amines) is 1. The van der Waals surface area contributed by atoms with Crippen LogP contribution < -0.4 is 5.32 Å². The Labute approximate surface area is 126 Å². The summed E-state index contributed by atoms with van der Waals surface area (Å²) in [4.78, 5) is 13.6. The first-order valence-corrected chi connectivity index (χ1v) is 6.29. The Morgan fingerprint density at radius 2 is 2.10 bits per heavy atom. The van der Waals surface area contributed by atoms with E-state index in [1.807, 2.05) is 0 Å². The quantitative estimate of drug-likeness (QED) is 0.837. The number of hydrogen-bond donors (Lipinski definition) is 2. The van der Waals surface area contributed by atoms with Gasteiger partial charge in [0.15, 0.2) is 17.4 Å². The third-order valence-electron chi connectivity index (χ3n) is 3.44. The standard InChI is InChI=1S/C13H15F3N2O2.ClH/c1-17-6-7-3-2-4-18(7)13(20)8-5-9(14)11(16)12(19)10(8)15;/h5,7,17,19H,2-4,6H2,1H3;1H. The van der Waals surface area contributed by atoms with Crippen LogP contribution in [0.2, 0.25) is 0 Å². The van der Waals surface area contributed by atoms with Gasteiger partial charge in [0.25, 0.3) is 5.91 Å². The SMILES string of the molecule is CNCC1CCCN1C(=O)c1cc(F)c(F)c(O)c1F.Cl. The summed E-state index contributed by atoms with van der Waals surface area (Å²) >= 11 is 0. The number of phenols is 1. The number of carbonyl (C=O) groups excluding carboxylic acids is 1. The van der Waals surface area contributed by atoms with Crippen molar-refractivity contribution in [1.29, 1.82) is 0 Å². The highest BCUT2D eigenvalue weighted by molar-refractivity contribution is 5.95. The van der Waals surface area contributed by atoms with E-state index in [1.165, 1.54) is 4.90 Å². The number of likely N-dealkylation sites (N-methyl/N-ethyl adjacent to an activating group) is 1. The molecule has 0 aliphatic carbocycles. The zero-order chi connectivity index (χ0) is 14.9. The number of phenolic OH excluding ortho intramolecular Hbond substituents is 1. The monoisotopic (exact) mass is 324 g/mol. The van der Waals surface area contributed by atoms with Gasteiger partial charge in [0, 0.05) is 19.1 Å². The molecule has 2 N–H and O–H groups in total. The summed E-state index contributed by atoms with van der Waals surface area (Å²) in [5.41, 5.74) is -0.649. The lowest BCUT2D eigenvalue weighted by atomic mass is 10.1. The molecule has 0 radical (unpaired) electrons. The van der Waals surface area contributed by atoms with Crippen LogP contribution in [0.25, 0.3) is 0 Å². The maximum absolute atomic E-state index is 13.7. The van der Waals surface area contributed by atoms with Crippen LogP contribution in [0.3, 0.4) is 0 Å². The molecule has 0 saturated carbocycles. The van der Waals surface area contributed by atoms with Crippen molar-refractivity contribution in [2.75, 3.05) is 20.1 Å². The number of carbonyl (C=O) groups is 1. The lowest BCUT2D eigenvalue weighted by molar-refractivity contribution is 0.0730. The zero-order valence-electron chi connectivity index (χ0n) is 11.3. The Kier molecular flexibility index (Phi) is 5.86. The first kappa shape index (κ1) is 17.6. The molecule has 1 amide bonds. The van der Waals surface area contributed by atoms with E-state index in [4.69, 9.17) is 5.11 Å².